The molecule has 25 heavy (non-hydrogen) atoms. The summed E-state index contributed by atoms with van der Waals surface area (Å²) in [6, 6.07) is 13.7. The summed E-state index contributed by atoms with van der Waals surface area (Å²) in [5.41, 5.74) is 2.37. The predicted molar refractivity (Wildman–Crippen MR) is 94.0 cm³/mol. The Morgan fingerprint density at radius 3 is 2.56 bits per heavy atom. The van der Waals surface area contributed by atoms with Crippen molar-refractivity contribution >= 4 is 28.5 Å². The molecule has 0 saturated heterocycles. The summed E-state index contributed by atoms with van der Waals surface area (Å²) < 4.78 is 5.28. The summed E-state index contributed by atoms with van der Waals surface area (Å²) >= 11 is 0. The Hall–Kier alpha value is -3.41. The van der Waals surface area contributed by atoms with Crippen molar-refractivity contribution in [3.05, 3.63) is 65.9 Å². The van der Waals surface area contributed by atoms with E-state index in [0.29, 0.717) is 33.5 Å². The highest BCUT2D eigenvalue weighted by atomic mass is 16.5. The minimum Gasteiger partial charge on any atom is -0.494 e. The zero-order chi connectivity index (χ0) is 17.8. The maximum atomic E-state index is 12.6. The first-order valence-corrected chi connectivity index (χ1v) is 7.62. The van der Waals surface area contributed by atoms with Gasteiger partial charge in [-0.25, -0.2) is 0 Å². The average Bonchev–Trinajstić information content (AvgIpc) is 2.62. The number of rotatable bonds is 5. The van der Waals surface area contributed by atoms with Crippen molar-refractivity contribution in [3.63, 3.8) is 0 Å². The van der Waals surface area contributed by atoms with E-state index < -0.39 is 5.97 Å². The van der Waals surface area contributed by atoms with Crippen molar-refractivity contribution in [1.82, 2.24) is 4.98 Å². The molecule has 6 heteroatoms. The van der Waals surface area contributed by atoms with E-state index >= 15 is 0 Å². The van der Waals surface area contributed by atoms with Crippen LogP contribution in [0.1, 0.15) is 15.9 Å². The van der Waals surface area contributed by atoms with Gasteiger partial charge in [-0.05, 0) is 35.9 Å². The third kappa shape index (κ3) is 3.58. The Morgan fingerprint density at radius 2 is 1.88 bits per heavy atom. The first kappa shape index (κ1) is 16.4. The van der Waals surface area contributed by atoms with Gasteiger partial charge in [0.15, 0.2) is 0 Å². The van der Waals surface area contributed by atoms with Crippen molar-refractivity contribution in [3.8, 4) is 5.75 Å². The zero-order valence-electron chi connectivity index (χ0n) is 13.5. The molecule has 0 unspecified atom stereocenters. The Kier molecular flexibility index (Phi) is 4.61. The molecule has 126 valence electrons. The van der Waals surface area contributed by atoms with Crippen LogP contribution >= 0.6 is 0 Å². The van der Waals surface area contributed by atoms with Gasteiger partial charge in [0.05, 0.1) is 13.5 Å². The minimum absolute atomic E-state index is 0.0526. The second-order valence-electron chi connectivity index (χ2n) is 5.44. The summed E-state index contributed by atoms with van der Waals surface area (Å²) in [4.78, 5) is 27.6. The van der Waals surface area contributed by atoms with Crippen molar-refractivity contribution < 1.29 is 19.4 Å². The largest absolute Gasteiger partial charge is 0.494 e. The highest BCUT2D eigenvalue weighted by Gasteiger charge is 2.14. The van der Waals surface area contributed by atoms with Crippen LogP contribution in [0.2, 0.25) is 0 Å². The van der Waals surface area contributed by atoms with Gasteiger partial charge in [0, 0.05) is 22.8 Å². The summed E-state index contributed by atoms with van der Waals surface area (Å²) in [6.45, 7) is 0. The van der Waals surface area contributed by atoms with E-state index in [9.17, 15) is 9.59 Å². The third-order valence-electron chi connectivity index (χ3n) is 3.76. The molecule has 6 nitrogen and oxygen atoms in total. The van der Waals surface area contributed by atoms with E-state index in [-0.39, 0.29) is 12.3 Å². The third-order valence-corrected chi connectivity index (χ3v) is 3.76. The molecular weight excluding hydrogens is 320 g/mol. The van der Waals surface area contributed by atoms with Crippen molar-refractivity contribution in [2.75, 3.05) is 12.4 Å². The lowest BCUT2D eigenvalue weighted by Gasteiger charge is -2.10. The van der Waals surface area contributed by atoms with Gasteiger partial charge in [0.25, 0.3) is 5.91 Å². The van der Waals surface area contributed by atoms with Gasteiger partial charge < -0.3 is 15.2 Å². The minimum atomic E-state index is -0.894. The molecule has 2 N–H and O–H groups in total. The zero-order valence-corrected chi connectivity index (χ0v) is 13.5. The number of amides is 1. The highest BCUT2D eigenvalue weighted by Crippen LogP contribution is 2.27. The van der Waals surface area contributed by atoms with Crippen LogP contribution in [0.4, 0.5) is 5.69 Å². The molecule has 1 amide bonds. The van der Waals surface area contributed by atoms with Crippen LogP contribution in [0.3, 0.4) is 0 Å². The first-order chi connectivity index (χ1) is 12.1. The molecule has 1 heterocycles. The molecule has 0 bridgehead atoms. The van der Waals surface area contributed by atoms with Crippen LogP contribution in [0.25, 0.3) is 10.9 Å². The number of nitrogens with one attached hydrogen (secondary N) is 1. The van der Waals surface area contributed by atoms with Crippen LogP contribution in [0, 0.1) is 0 Å². The average molecular weight is 336 g/mol. The molecule has 0 spiro atoms. The van der Waals surface area contributed by atoms with Gasteiger partial charge >= 0.3 is 5.97 Å². The molecule has 2 aromatic carbocycles. The first-order valence-electron chi connectivity index (χ1n) is 7.62. The van der Waals surface area contributed by atoms with Gasteiger partial charge in [-0.15, -0.1) is 0 Å². The molecular formula is C19H16N2O4. The normalized spacial score (nSPS) is 10.4. The van der Waals surface area contributed by atoms with Gasteiger partial charge in [-0.3, -0.25) is 14.6 Å². The van der Waals surface area contributed by atoms with E-state index in [0.717, 1.165) is 0 Å². The van der Waals surface area contributed by atoms with E-state index in [1.165, 1.54) is 0 Å². The number of pyridine rings is 1. The molecule has 0 aliphatic rings. The number of ether oxygens (including phenoxy) is 1. The van der Waals surface area contributed by atoms with Gasteiger partial charge in [-0.1, -0.05) is 18.2 Å². The fraction of sp³-hybridized carbons (Fsp3) is 0.105. The molecule has 1 aromatic heterocycles. The summed E-state index contributed by atoms with van der Waals surface area (Å²) in [6.07, 6.45) is 1.59. The molecule has 3 rings (SSSR count). The van der Waals surface area contributed by atoms with Crippen LogP contribution < -0.4 is 10.1 Å². The molecule has 0 fully saturated rings. The Labute approximate surface area is 144 Å². The molecule has 0 aliphatic carbocycles. The Balaban J connectivity index is 1.86. The topological polar surface area (TPSA) is 88.5 Å². The number of nitrogens with zero attached hydrogens (tertiary/aromatic N) is 1. The second kappa shape index (κ2) is 7.00. The number of benzene rings is 2. The fourth-order valence-electron chi connectivity index (χ4n) is 2.59. The van der Waals surface area contributed by atoms with E-state index in [1.54, 1.807) is 55.8 Å². The number of hydrogen-bond donors (Lipinski definition) is 2. The number of carboxylic acids is 1. The number of fused-ring (bicyclic) bond motifs is 1. The monoisotopic (exact) mass is 336 g/mol. The highest BCUT2D eigenvalue weighted by molar-refractivity contribution is 6.13. The maximum absolute atomic E-state index is 12.6. The standard InChI is InChI=1S/C19H16N2O4/c1-25-16-9-8-15(14-3-2-10-20-18(14)16)19(24)21-13-6-4-12(5-7-13)11-17(22)23/h2-10H,11H2,1H3,(H,21,24)(H,22,23). The molecule has 0 radical (unpaired) electrons. The SMILES string of the molecule is COc1ccc(C(=O)Nc2ccc(CC(=O)O)cc2)c2cccnc12. The van der Waals surface area contributed by atoms with Gasteiger partial charge in [0.2, 0.25) is 0 Å². The number of methoxy groups -OCH3 is 1. The number of aliphatic carboxylic acids is 1. The molecule has 0 saturated carbocycles. The predicted octanol–water partition coefficient (Wildman–Crippen LogP) is 3.12. The van der Waals surface area contributed by atoms with Crippen LogP contribution in [0.15, 0.2) is 54.7 Å². The lowest BCUT2D eigenvalue weighted by molar-refractivity contribution is -0.136. The van der Waals surface area contributed by atoms with Crippen molar-refractivity contribution in [2.45, 2.75) is 6.42 Å². The van der Waals surface area contributed by atoms with E-state index in [4.69, 9.17) is 9.84 Å². The van der Waals surface area contributed by atoms with Crippen molar-refractivity contribution in [2.24, 2.45) is 0 Å². The second-order valence-corrected chi connectivity index (χ2v) is 5.44. The molecule has 0 atom stereocenters. The molecule has 0 aliphatic heterocycles. The number of carbonyl (C=O) groups is 2. The lowest BCUT2D eigenvalue weighted by Crippen LogP contribution is -2.12. The fourth-order valence-corrected chi connectivity index (χ4v) is 2.59. The van der Waals surface area contributed by atoms with Crippen LogP contribution in [-0.2, 0) is 11.2 Å². The number of carbonyl (C=O) groups excluding carboxylic acids is 1. The van der Waals surface area contributed by atoms with Crippen LogP contribution in [0.5, 0.6) is 5.75 Å². The smallest absolute Gasteiger partial charge is 0.307 e. The number of hydrogen-bond acceptors (Lipinski definition) is 4. The number of carboxylic acid groups (broad SMARTS) is 1. The van der Waals surface area contributed by atoms with Crippen molar-refractivity contribution in [1.29, 1.82) is 0 Å². The molecule has 3 aromatic rings. The summed E-state index contributed by atoms with van der Waals surface area (Å²) in [7, 11) is 1.56. The Bertz CT molecular complexity index is 936. The summed E-state index contributed by atoms with van der Waals surface area (Å²) in [5.74, 6) is -0.564. The summed E-state index contributed by atoms with van der Waals surface area (Å²) in [5, 5.41) is 12.3. The number of anilines is 1. The Morgan fingerprint density at radius 1 is 1.12 bits per heavy atom. The van der Waals surface area contributed by atoms with Crippen LogP contribution in [-0.4, -0.2) is 29.1 Å². The van der Waals surface area contributed by atoms with E-state index in [2.05, 4.69) is 10.3 Å². The van der Waals surface area contributed by atoms with E-state index in [1.807, 2.05) is 6.07 Å². The maximum Gasteiger partial charge on any atom is 0.307 e. The van der Waals surface area contributed by atoms with Gasteiger partial charge in [-0.2, -0.15) is 0 Å². The lowest BCUT2D eigenvalue weighted by atomic mass is 10.1. The quantitative estimate of drug-likeness (QED) is 0.747. The number of aromatic nitrogens is 1. The van der Waals surface area contributed by atoms with Gasteiger partial charge in [0.1, 0.15) is 11.3 Å².